The smallest absolute Gasteiger partial charge is 0.253 e. The van der Waals surface area contributed by atoms with Crippen LogP contribution in [0.3, 0.4) is 0 Å². The maximum Gasteiger partial charge on any atom is 0.253 e. The van der Waals surface area contributed by atoms with Gasteiger partial charge in [0.15, 0.2) is 5.65 Å². The Labute approximate surface area is 141 Å². The minimum absolute atomic E-state index is 0.00324. The van der Waals surface area contributed by atoms with E-state index < -0.39 is 0 Å². The third-order valence-electron chi connectivity index (χ3n) is 3.83. The highest BCUT2D eigenvalue weighted by Crippen LogP contribution is 2.15. The number of hydrogen-bond acceptors (Lipinski definition) is 4. The highest BCUT2D eigenvalue weighted by atomic mass is 16.2. The Kier molecular flexibility index (Phi) is 4.46. The molecule has 0 atom stereocenters. The summed E-state index contributed by atoms with van der Waals surface area (Å²) in [6, 6.07) is 11.6. The van der Waals surface area contributed by atoms with E-state index in [9.17, 15) is 4.79 Å². The van der Waals surface area contributed by atoms with Gasteiger partial charge in [-0.3, -0.25) is 4.79 Å². The molecule has 1 N–H and O–H groups in total. The minimum atomic E-state index is 0.00324. The number of benzene rings is 1. The van der Waals surface area contributed by atoms with Gasteiger partial charge in [-0.1, -0.05) is 19.1 Å². The van der Waals surface area contributed by atoms with Gasteiger partial charge in [0, 0.05) is 44.0 Å². The molecule has 0 bridgehead atoms. The van der Waals surface area contributed by atoms with Gasteiger partial charge in [0.05, 0.1) is 6.20 Å². The van der Waals surface area contributed by atoms with Crippen LogP contribution in [0.2, 0.25) is 0 Å². The van der Waals surface area contributed by atoms with Gasteiger partial charge in [-0.15, -0.1) is 0 Å². The van der Waals surface area contributed by atoms with Crippen molar-refractivity contribution in [2.75, 3.05) is 19.4 Å². The molecule has 0 aliphatic heterocycles. The lowest BCUT2D eigenvalue weighted by Gasteiger charge is -2.13. The first-order chi connectivity index (χ1) is 11.6. The highest BCUT2D eigenvalue weighted by Gasteiger charge is 2.09. The third-order valence-corrected chi connectivity index (χ3v) is 3.83. The number of carbonyl (C=O) groups is 1. The van der Waals surface area contributed by atoms with E-state index in [1.807, 2.05) is 36.4 Å². The molecule has 2 heterocycles. The number of amides is 1. The molecule has 0 spiro atoms. The van der Waals surface area contributed by atoms with Crippen LogP contribution in [-0.2, 0) is 13.0 Å². The summed E-state index contributed by atoms with van der Waals surface area (Å²) < 4.78 is 1.79. The molecule has 1 amide bonds. The van der Waals surface area contributed by atoms with Crippen LogP contribution >= 0.6 is 0 Å². The van der Waals surface area contributed by atoms with E-state index in [0.717, 1.165) is 29.1 Å². The summed E-state index contributed by atoms with van der Waals surface area (Å²) in [4.78, 5) is 18.2. The Morgan fingerprint density at radius 2 is 2.08 bits per heavy atom. The molecule has 0 saturated heterocycles. The van der Waals surface area contributed by atoms with Crippen LogP contribution in [0.15, 0.2) is 42.6 Å². The first kappa shape index (κ1) is 16.0. The summed E-state index contributed by atoms with van der Waals surface area (Å²) in [5.41, 5.74) is 3.57. The number of carbonyl (C=O) groups excluding carboxylic acids is 1. The zero-order valence-electron chi connectivity index (χ0n) is 14.2. The highest BCUT2D eigenvalue weighted by molar-refractivity contribution is 5.94. The standard InChI is InChI=1S/C18H21N5O/c1-4-15-11-17(23-16(21-15)8-9-20-23)19-12-13-6-5-7-14(10-13)18(24)22(2)3/h5-11,19H,4,12H2,1-3H3. The summed E-state index contributed by atoms with van der Waals surface area (Å²) in [5, 5.41) is 7.70. The lowest BCUT2D eigenvalue weighted by atomic mass is 10.1. The SMILES string of the molecule is CCc1cc(NCc2cccc(C(=O)N(C)C)c2)n2nccc2n1. The van der Waals surface area contributed by atoms with Gasteiger partial charge in [0.1, 0.15) is 5.82 Å². The molecule has 6 nitrogen and oxygen atoms in total. The van der Waals surface area contributed by atoms with Gasteiger partial charge in [-0.25, -0.2) is 4.98 Å². The monoisotopic (exact) mass is 323 g/mol. The van der Waals surface area contributed by atoms with Crippen LogP contribution in [0.1, 0.15) is 28.5 Å². The van der Waals surface area contributed by atoms with Gasteiger partial charge < -0.3 is 10.2 Å². The normalized spacial score (nSPS) is 10.8. The fourth-order valence-corrected chi connectivity index (χ4v) is 2.54. The van der Waals surface area contributed by atoms with Gasteiger partial charge in [0.25, 0.3) is 5.91 Å². The average molecular weight is 323 g/mol. The van der Waals surface area contributed by atoms with E-state index in [1.54, 1.807) is 29.7 Å². The van der Waals surface area contributed by atoms with E-state index in [1.165, 1.54) is 0 Å². The zero-order valence-corrected chi connectivity index (χ0v) is 14.2. The topological polar surface area (TPSA) is 62.5 Å². The summed E-state index contributed by atoms with van der Waals surface area (Å²) in [6.45, 7) is 2.69. The number of nitrogens with zero attached hydrogens (tertiary/aromatic N) is 4. The lowest BCUT2D eigenvalue weighted by Crippen LogP contribution is -2.21. The molecule has 2 aromatic heterocycles. The fourth-order valence-electron chi connectivity index (χ4n) is 2.54. The zero-order chi connectivity index (χ0) is 17.1. The summed E-state index contributed by atoms with van der Waals surface area (Å²) in [7, 11) is 3.51. The van der Waals surface area contributed by atoms with E-state index in [-0.39, 0.29) is 5.91 Å². The van der Waals surface area contributed by atoms with Crippen LogP contribution in [0.5, 0.6) is 0 Å². The van der Waals surface area contributed by atoms with Crippen LogP contribution in [0, 0.1) is 0 Å². The minimum Gasteiger partial charge on any atom is -0.366 e. The molecule has 0 saturated carbocycles. The molecule has 1 aromatic carbocycles. The molecular formula is C18H21N5O. The van der Waals surface area contributed by atoms with E-state index in [0.29, 0.717) is 12.1 Å². The first-order valence-corrected chi connectivity index (χ1v) is 7.96. The molecular weight excluding hydrogens is 302 g/mol. The molecule has 124 valence electrons. The molecule has 0 unspecified atom stereocenters. The van der Waals surface area contributed by atoms with Crippen LogP contribution in [0.25, 0.3) is 5.65 Å². The summed E-state index contributed by atoms with van der Waals surface area (Å²) >= 11 is 0. The van der Waals surface area contributed by atoms with Crippen molar-refractivity contribution in [1.82, 2.24) is 19.5 Å². The first-order valence-electron chi connectivity index (χ1n) is 7.96. The maximum atomic E-state index is 12.1. The van der Waals surface area contributed by atoms with Crippen molar-refractivity contribution in [1.29, 1.82) is 0 Å². The predicted octanol–water partition coefficient (Wildman–Crippen LogP) is 2.61. The average Bonchev–Trinajstić information content (AvgIpc) is 3.07. The largest absolute Gasteiger partial charge is 0.366 e. The van der Waals surface area contributed by atoms with Gasteiger partial charge in [-0.2, -0.15) is 9.61 Å². The molecule has 0 fully saturated rings. The molecule has 3 rings (SSSR count). The Balaban J connectivity index is 1.82. The second-order valence-corrected chi connectivity index (χ2v) is 5.84. The van der Waals surface area contributed by atoms with Crippen molar-refractivity contribution < 1.29 is 4.79 Å². The van der Waals surface area contributed by atoms with Crippen molar-refractivity contribution in [3.05, 3.63) is 59.4 Å². The molecule has 0 radical (unpaired) electrons. The van der Waals surface area contributed by atoms with Crippen molar-refractivity contribution in [2.24, 2.45) is 0 Å². The fraction of sp³-hybridized carbons (Fsp3) is 0.278. The molecule has 6 heteroatoms. The van der Waals surface area contributed by atoms with Crippen molar-refractivity contribution >= 4 is 17.4 Å². The van der Waals surface area contributed by atoms with Crippen molar-refractivity contribution in [2.45, 2.75) is 19.9 Å². The second-order valence-electron chi connectivity index (χ2n) is 5.84. The molecule has 3 aromatic rings. The number of anilines is 1. The Bertz CT molecular complexity index is 869. The molecule has 24 heavy (non-hydrogen) atoms. The quantitative estimate of drug-likeness (QED) is 0.784. The Hall–Kier alpha value is -2.89. The van der Waals surface area contributed by atoms with Gasteiger partial charge in [0.2, 0.25) is 0 Å². The second kappa shape index (κ2) is 6.70. The van der Waals surface area contributed by atoms with Crippen LogP contribution in [-0.4, -0.2) is 39.5 Å². The number of fused-ring (bicyclic) bond motifs is 1. The van der Waals surface area contributed by atoms with Gasteiger partial charge in [-0.05, 0) is 24.1 Å². The Morgan fingerprint density at radius 3 is 2.83 bits per heavy atom. The molecule has 0 aliphatic carbocycles. The van der Waals surface area contributed by atoms with Crippen LogP contribution < -0.4 is 5.32 Å². The lowest BCUT2D eigenvalue weighted by molar-refractivity contribution is 0.0827. The summed E-state index contributed by atoms with van der Waals surface area (Å²) in [5.74, 6) is 0.898. The van der Waals surface area contributed by atoms with E-state index in [4.69, 9.17) is 0 Å². The van der Waals surface area contributed by atoms with E-state index >= 15 is 0 Å². The number of hydrogen-bond donors (Lipinski definition) is 1. The van der Waals surface area contributed by atoms with E-state index in [2.05, 4.69) is 22.3 Å². The number of rotatable bonds is 5. The predicted molar refractivity (Wildman–Crippen MR) is 94.2 cm³/mol. The van der Waals surface area contributed by atoms with Gasteiger partial charge >= 0.3 is 0 Å². The number of nitrogens with one attached hydrogen (secondary N) is 1. The summed E-state index contributed by atoms with van der Waals surface area (Å²) in [6.07, 6.45) is 2.60. The third kappa shape index (κ3) is 3.22. The number of aryl methyl sites for hydroxylation is 1. The Morgan fingerprint density at radius 1 is 1.25 bits per heavy atom. The number of aromatic nitrogens is 3. The van der Waals surface area contributed by atoms with Crippen molar-refractivity contribution in [3.8, 4) is 0 Å². The molecule has 0 aliphatic rings. The van der Waals surface area contributed by atoms with Crippen molar-refractivity contribution in [3.63, 3.8) is 0 Å². The maximum absolute atomic E-state index is 12.1. The van der Waals surface area contributed by atoms with Crippen LogP contribution in [0.4, 0.5) is 5.82 Å².